The van der Waals surface area contributed by atoms with E-state index in [4.69, 9.17) is 19.4 Å². The summed E-state index contributed by atoms with van der Waals surface area (Å²) < 4.78 is 11.2. The summed E-state index contributed by atoms with van der Waals surface area (Å²) in [5.41, 5.74) is 8.17. The zero-order chi connectivity index (χ0) is 35.2. The molecule has 0 bridgehead atoms. The summed E-state index contributed by atoms with van der Waals surface area (Å²) in [6.45, 7) is 13.1. The molecule has 10 heteroatoms. The van der Waals surface area contributed by atoms with Crippen LogP contribution in [-0.2, 0) is 9.47 Å². The minimum absolute atomic E-state index is 0.123. The van der Waals surface area contributed by atoms with Crippen molar-refractivity contribution in [3.63, 3.8) is 0 Å². The number of hydrogen-bond acceptors (Lipinski definition) is 6. The summed E-state index contributed by atoms with van der Waals surface area (Å²) in [7, 11) is 0. The SMILES string of the molecule is CC(C)(C)OC(=O)N1CC=C(c2nc3ccc(-c4ccc(-c5ccc6nc([C@@H]7CCCN7C(=O)OC(C)(C)C)[nH]c6c5)cc4)cc3[nH]2)CCC1. The summed E-state index contributed by atoms with van der Waals surface area (Å²) in [5.74, 6) is 1.65. The number of allylic oxidation sites excluding steroid dienone is 1. The molecule has 0 radical (unpaired) electrons. The van der Waals surface area contributed by atoms with E-state index >= 15 is 0 Å². The maximum absolute atomic E-state index is 12.9. The number of nitrogens with one attached hydrogen (secondary N) is 2. The van der Waals surface area contributed by atoms with Crippen molar-refractivity contribution < 1.29 is 19.1 Å². The van der Waals surface area contributed by atoms with Crippen LogP contribution in [0, 0.1) is 0 Å². The van der Waals surface area contributed by atoms with Crippen LogP contribution in [0.25, 0.3) is 49.9 Å². The molecule has 260 valence electrons. The van der Waals surface area contributed by atoms with Gasteiger partial charge in [-0.1, -0.05) is 42.5 Å². The number of benzene rings is 3. The van der Waals surface area contributed by atoms with Gasteiger partial charge in [0.1, 0.15) is 22.9 Å². The molecule has 1 saturated heterocycles. The predicted molar refractivity (Wildman–Crippen MR) is 197 cm³/mol. The topological polar surface area (TPSA) is 116 Å². The molecule has 0 saturated carbocycles. The van der Waals surface area contributed by atoms with Gasteiger partial charge < -0.3 is 24.3 Å². The molecule has 0 unspecified atom stereocenters. The molecule has 2 N–H and O–H groups in total. The van der Waals surface area contributed by atoms with Crippen molar-refractivity contribution >= 4 is 39.8 Å². The molecule has 50 heavy (non-hydrogen) atoms. The first kappa shape index (κ1) is 33.4. The Kier molecular flexibility index (Phi) is 8.66. The van der Waals surface area contributed by atoms with Crippen molar-refractivity contribution in [3.05, 3.63) is 78.4 Å². The lowest BCUT2D eigenvalue weighted by molar-refractivity contribution is 0.0217. The van der Waals surface area contributed by atoms with Crippen LogP contribution in [0.1, 0.15) is 84.9 Å². The second-order valence-electron chi connectivity index (χ2n) is 15.3. The number of aromatic amines is 2. The van der Waals surface area contributed by atoms with Crippen molar-refractivity contribution in [2.45, 2.75) is 84.5 Å². The fourth-order valence-electron chi connectivity index (χ4n) is 6.73. The van der Waals surface area contributed by atoms with E-state index in [-0.39, 0.29) is 18.2 Å². The highest BCUT2D eigenvalue weighted by atomic mass is 16.6. The summed E-state index contributed by atoms with van der Waals surface area (Å²) in [6, 6.07) is 21.0. The van der Waals surface area contributed by atoms with Crippen molar-refractivity contribution in [2.75, 3.05) is 19.6 Å². The number of ether oxygens (including phenoxy) is 2. The van der Waals surface area contributed by atoms with Crippen LogP contribution in [-0.4, -0.2) is 72.8 Å². The molecular formula is C40H46N6O4. The summed E-state index contributed by atoms with van der Waals surface area (Å²) in [6.07, 6.45) is 4.97. The van der Waals surface area contributed by atoms with Gasteiger partial charge in [0.05, 0.1) is 28.1 Å². The van der Waals surface area contributed by atoms with Crippen LogP contribution in [0.5, 0.6) is 0 Å². The third-order valence-corrected chi connectivity index (χ3v) is 9.12. The summed E-state index contributed by atoms with van der Waals surface area (Å²) >= 11 is 0. The van der Waals surface area contributed by atoms with Crippen LogP contribution in [0.3, 0.4) is 0 Å². The summed E-state index contributed by atoms with van der Waals surface area (Å²) in [5, 5.41) is 0. The van der Waals surface area contributed by atoms with Crippen LogP contribution < -0.4 is 0 Å². The molecule has 2 aliphatic rings. The largest absolute Gasteiger partial charge is 0.444 e. The molecule has 2 aromatic heterocycles. The van der Waals surface area contributed by atoms with Gasteiger partial charge in [-0.15, -0.1) is 0 Å². The number of amides is 2. The monoisotopic (exact) mass is 674 g/mol. The van der Waals surface area contributed by atoms with Gasteiger partial charge in [0.15, 0.2) is 0 Å². The van der Waals surface area contributed by atoms with Crippen LogP contribution in [0.15, 0.2) is 66.7 Å². The lowest BCUT2D eigenvalue weighted by Crippen LogP contribution is -2.37. The first-order valence-electron chi connectivity index (χ1n) is 17.6. The van der Waals surface area contributed by atoms with Crippen molar-refractivity contribution in [1.29, 1.82) is 0 Å². The Morgan fingerprint density at radius 2 is 1.30 bits per heavy atom. The Bertz CT molecular complexity index is 2080. The number of carbonyl (C=O) groups excluding carboxylic acids is 2. The van der Waals surface area contributed by atoms with Crippen molar-refractivity contribution in [2.24, 2.45) is 0 Å². The number of rotatable bonds is 4. The van der Waals surface area contributed by atoms with Gasteiger partial charge in [0, 0.05) is 19.6 Å². The normalized spacial score (nSPS) is 17.2. The maximum Gasteiger partial charge on any atom is 0.410 e. The number of imidazole rings is 2. The third-order valence-electron chi connectivity index (χ3n) is 9.12. The van der Waals surface area contributed by atoms with Gasteiger partial charge in [-0.3, -0.25) is 4.90 Å². The molecule has 1 atom stereocenters. The van der Waals surface area contributed by atoms with Gasteiger partial charge in [0.2, 0.25) is 0 Å². The highest BCUT2D eigenvalue weighted by Gasteiger charge is 2.35. The predicted octanol–water partition coefficient (Wildman–Crippen LogP) is 9.26. The molecule has 2 aliphatic heterocycles. The fraction of sp³-hybridized carbons (Fsp3) is 0.400. The Hall–Kier alpha value is -5.12. The van der Waals surface area contributed by atoms with E-state index < -0.39 is 11.2 Å². The van der Waals surface area contributed by atoms with E-state index in [9.17, 15) is 9.59 Å². The lowest BCUT2D eigenvalue weighted by Gasteiger charge is -2.27. The minimum atomic E-state index is -0.541. The maximum atomic E-state index is 12.9. The quantitative estimate of drug-likeness (QED) is 0.196. The molecule has 10 nitrogen and oxygen atoms in total. The molecule has 7 rings (SSSR count). The number of H-pyrrole nitrogens is 2. The molecule has 5 aromatic rings. The highest BCUT2D eigenvalue weighted by molar-refractivity contribution is 5.86. The van der Waals surface area contributed by atoms with Gasteiger partial charge >= 0.3 is 12.2 Å². The fourth-order valence-corrected chi connectivity index (χ4v) is 6.73. The number of carbonyl (C=O) groups is 2. The molecule has 4 heterocycles. The van der Waals surface area contributed by atoms with Crippen LogP contribution >= 0.6 is 0 Å². The van der Waals surface area contributed by atoms with E-state index in [1.54, 1.807) is 9.80 Å². The Morgan fingerprint density at radius 3 is 1.94 bits per heavy atom. The summed E-state index contributed by atoms with van der Waals surface area (Å²) in [4.78, 5) is 45.8. The molecule has 0 aliphatic carbocycles. The first-order chi connectivity index (χ1) is 23.8. The second kappa shape index (κ2) is 13.0. The van der Waals surface area contributed by atoms with Gasteiger partial charge in [-0.2, -0.15) is 0 Å². The first-order valence-corrected chi connectivity index (χ1v) is 17.6. The number of fused-ring (bicyclic) bond motifs is 2. The van der Waals surface area contributed by atoms with Gasteiger partial charge in [0.25, 0.3) is 0 Å². The number of aromatic nitrogens is 4. The van der Waals surface area contributed by atoms with Gasteiger partial charge in [-0.25, -0.2) is 19.6 Å². The Morgan fingerprint density at radius 1 is 0.720 bits per heavy atom. The molecule has 1 fully saturated rings. The van der Waals surface area contributed by atoms with Crippen molar-refractivity contribution in [3.8, 4) is 22.3 Å². The second-order valence-corrected chi connectivity index (χ2v) is 15.3. The standard InChI is InChI=1S/C40H46N6O4/c1-39(2,3)49-37(47)45-20-7-9-27(19-22-45)35-41-30-17-15-28(23-32(30)43-35)25-11-13-26(14-12-25)29-16-18-31-33(24-29)44-36(42-31)34-10-8-21-46(34)38(48)50-40(4,5)6/h11-19,23-24,34H,7-10,20-22H2,1-6H3,(H,41,43)(H,42,44)/t34-/m0/s1. The van der Waals surface area contributed by atoms with Gasteiger partial charge in [-0.05, 0) is 119 Å². The zero-order valence-electron chi connectivity index (χ0n) is 29.8. The van der Waals surface area contributed by atoms with Crippen molar-refractivity contribution in [1.82, 2.24) is 29.7 Å². The number of likely N-dealkylation sites (tertiary alicyclic amines) is 1. The molecular weight excluding hydrogens is 628 g/mol. The van der Waals surface area contributed by atoms with Crippen LogP contribution in [0.2, 0.25) is 0 Å². The van der Waals surface area contributed by atoms with E-state index in [0.29, 0.717) is 19.6 Å². The van der Waals surface area contributed by atoms with E-state index in [2.05, 4.69) is 70.6 Å². The molecule has 3 aromatic carbocycles. The van der Waals surface area contributed by atoms with E-state index in [1.807, 2.05) is 47.6 Å². The highest BCUT2D eigenvalue weighted by Crippen LogP contribution is 2.34. The third kappa shape index (κ3) is 7.25. The molecule has 0 spiro atoms. The lowest BCUT2D eigenvalue weighted by atomic mass is 10.00. The minimum Gasteiger partial charge on any atom is -0.444 e. The van der Waals surface area contributed by atoms with E-state index in [0.717, 1.165) is 87.2 Å². The van der Waals surface area contributed by atoms with Crippen LogP contribution in [0.4, 0.5) is 9.59 Å². The smallest absolute Gasteiger partial charge is 0.410 e. The molecule has 2 amide bonds. The average molecular weight is 675 g/mol. The Labute approximate surface area is 292 Å². The number of nitrogens with zero attached hydrogens (tertiary/aromatic N) is 4. The average Bonchev–Trinajstić information content (AvgIpc) is 3.77. The number of hydrogen-bond donors (Lipinski definition) is 2. The van der Waals surface area contributed by atoms with E-state index in [1.165, 1.54) is 0 Å². The zero-order valence-corrected chi connectivity index (χ0v) is 29.8. The Balaban J connectivity index is 1.06.